The molecule has 1 unspecified atom stereocenters. The topological polar surface area (TPSA) is 74.1 Å². The Bertz CT molecular complexity index is 1170. The SMILES string of the molecule is O=C(NC1N=CC2=CN(C(=O)Cc3ccc(C(F)(F)F)cc3)CCC2=N1)c1cccc(F)c1. The van der Waals surface area contributed by atoms with Crippen molar-refractivity contribution in [2.45, 2.75) is 25.3 Å². The minimum atomic E-state index is -4.43. The van der Waals surface area contributed by atoms with E-state index in [2.05, 4.69) is 15.3 Å². The van der Waals surface area contributed by atoms with Crippen LogP contribution in [0.4, 0.5) is 17.6 Å². The van der Waals surface area contributed by atoms with Gasteiger partial charge < -0.3 is 10.2 Å². The molecule has 0 aliphatic carbocycles. The number of allylic oxidation sites excluding steroid dienone is 1. The molecule has 0 bridgehead atoms. The summed E-state index contributed by atoms with van der Waals surface area (Å²) in [6, 6.07) is 9.74. The van der Waals surface area contributed by atoms with Crippen molar-refractivity contribution in [3.8, 4) is 0 Å². The van der Waals surface area contributed by atoms with Crippen LogP contribution in [0.5, 0.6) is 0 Å². The highest BCUT2D eigenvalue weighted by Gasteiger charge is 2.30. The molecule has 2 aliphatic rings. The zero-order valence-corrected chi connectivity index (χ0v) is 17.1. The average molecular weight is 458 g/mol. The highest BCUT2D eigenvalue weighted by molar-refractivity contribution is 6.18. The number of nitrogens with one attached hydrogen (secondary N) is 1. The van der Waals surface area contributed by atoms with Gasteiger partial charge in [0.25, 0.3) is 5.91 Å². The monoisotopic (exact) mass is 458 g/mol. The van der Waals surface area contributed by atoms with E-state index in [-0.39, 0.29) is 17.9 Å². The Morgan fingerprint density at radius 3 is 2.58 bits per heavy atom. The van der Waals surface area contributed by atoms with E-state index in [1.165, 1.54) is 41.4 Å². The number of halogens is 4. The lowest BCUT2D eigenvalue weighted by Crippen LogP contribution is -2.39. The van der Waals surface area contributed by atoms with Crippen LogP contribution in [-0.4, -0.2) is 41.5 Å². The van der Waals surface area contributed by atoms with E-state index in [1.54, 1.807) is 6.20 Å². The fraction of sp³-hybridized carbons (Fsp3) is 0.217. The molecule has 2 heterocycles. The van der Waals surface area contributed by atoms with E-state index in [0.29, 0.717) is 29.8 Å². The summed E-state index contributed by atoms with van der Waals surface area (Å²) in [4.78, 5) is 34.9. The lowest BCUT2D eigenvalue weighted by molar-refractivity contribution is -0.137. The number of aliphatic imine (C=N–C) groups is 2. The molecular weight excluding hydrogens is 440 g/mol. The van der Waals surface area contributed by atoms with Gasteiger partial charge in [0.1, 0.15) is 5.82 Å². The normalized spacial score (nSPS) is 17.7. The summed E-state index contributed by atoms with van der Waals surface area (Å²) < 4.78 is 51.4. The molecule has 0 saturated heterocycles. The van der Waals surface area contributed by atoms with Gasteiger partial charge in [-0.2, -0.15) is 13.2 Å². The maximum atomic E-state index is 13.3. The highest BCUT2D eigenvalue weighted by Crippen LogP contribution is 2.29. The predicted molar refractivity (Wildman–Crippen MR) is 113 cm³/mol. The number of carbonyl (C=O) groups excluding carboxylic acids is 2. The van der Waals surface area contributed by atoms with E-state index >= 15 is 0 Å². The predicted octanol–water partition coefficient (Wildman–Crippen LogP) is 3.74. The third kappa shape index (κ3) is 5.33. The Morgan fingerprint density at radius 1 is 1.12 bits per heavy atom. The van der Waals surface area contributed by atoms with Crippen LogP contribution < -0.4 is 5.32 Å². The van der Waals surface area contributed by atoms with Gasteiger partial charge in [0.15, 0.2) is 0 Å². The van der Waals surface area contributed by atoms with Gasteiger partial charge >= 0.3 is 6.18 Å². The quantitative estimate of drug-likeness (QED) is 0.709. The first-order chi connectivity index (χ1) is 15.7. The van der Waals surface area contributed by atoms with Crippen LogP contribution in [0, 0.1) is 5.82 Å². The fourth-order valence-corrected chi connectivity index (χ4v) is 3.44. The lowest BCUT2D eigenvalue weighted by atomic mass is 10.0. The second-order valence-electron chi connectivity index (χ2n) is 7.50. The zero-order chi connectivity index (χ0) is 23.6. The fourth-order valence-electron chi connectivity index (χ4n) is 3.44. The second kappa shape index (κ2) is 8.97. The maximum Gasteiger partial charge on any atom is 0.416 e. The number of alkyl halides is 3. The number of rotatable bonds is 4. The number of hydrogen-bond acceptors (Lipinski definition) is 4. The summed E-state index contributed by atoms with van der Waals surface area (Å²) in [5, 5.41) is 2.60. The number of fused-ring (bicyclic) bond motifs is 1. The summed E-state index contributed by atoms with van der Waals surface area (Å²) in [7, 11) is 0. The van der Waals surface area contributed by atoms with Gasteiger partial charge in [-0.15, -0.1) is 0 Å². The van der Waals surface area contributed by atoms with Crippen LogP contribution >= 0.6 is 0 Å². The molecule has 33 heavy (non-hydrogen) atoms. The standard InChI is InChI=1S/C23H18F4N4O2/c24-18-3-1-2-15(11-18)21(33)30-22-28-12-16-13-31(9-8-19(16)29-22)20(32)10-14-4-6-17(7-5-14)23(25,26)27/h1-7,11-13,22H,8-10H2,(H,30,33). The van der Waals surface area contributed by atoms with Crippen molar-refractivity contribution in [2.24, 2.45) is 9.98 Å². The third-order valence-corrected chi connectivity index (χ3v) is 5.15. The molecule has 0 spiro atoms. The van der Waals surface area contributed by atoms with Gasteiger partial charge in [-0.3, -0.25) is 9.59 Å². The molecule has 2 amide bonds. The van der Waals surface area contributed by atoms with Crippen molar-refractivity contribution in [1.82, 2.24) is 10.2 Å². The van der Waals surface area contributed by atoms with Crippen molar-refractivity contribution in [3.05, 3.63) is 82.8 Å². The first kappa shape index (κ1) is 22.4. The van der Waals surface area contributed by atoms with E-state index in [4.69, 9.17) is 0 Å². The van der Waals surface area contributed by atoms with Crippen LogP contribution in [-0.2, 0) is 17.4 Å². The van der Waals surface area contributed by atoms with Crippen molar-refractivity contribution >= 4 is 23.7 Å². The lowest BCUT2D eigenvalue weighted by Gasteiger charge is -2.27. The minimum Gasteiger partial charge on any atom is -0.318 e. The Morgan fingerprint density at radius 2 is 1.88 bits per heavy atom. The molecule has 0 fully saturated rings. The minimum absolute atomic E-state index is 0.0438. The van der Waals surface area contributed by atoms with Gasteiger partial charge in [-0.1, -0.05) is 18.2 Å². The van der Waals surface area contributed by atoms with E-state index in [0.717, 1.165) is 18.2 Å². The van der Waals surface area contributed by atoms with Crippen molar-refractivity contribution in [3.63, 3.8) is 0 Å². The molecule has 0 aromatic heterocycles. The number of hydrogen-bond donors (Lipinski definition) is 1. The molecule has 2 aromatic carbocycles. The molecule has 1 N–H and O–H groups in total. The molecule has 2 aromatic rings. The van der Waals surface area contributed by atoms with Gasteiger partial charge in [0.05, 0.1) is 17.7 Å². The number of benzene rings is 2. The number of amides is 2. The van der Waals surface area contributed by atoms with Crippen molar-refractivity contribution < 1.29 is 27.2 Å². The summed E-state index contributed by atoms with van der Waals surface area (Å²) >= 11 is 0. The van der Waals surface area contributed by atoms with Gasteiger partial charge in [-0.25, -0.2) is 14.4 Å². The van der Waals surface area contributed by atoms with Gasteiger partial charge in [0.2, 0.25) is 12.2 Å². The average Bonchev–Trinajstić information content (AvgIpc) is 2.78. The molecule has 0 radical (unpaired) electrons. The van der Waals surface area contributed by atoms with Crippen LogP contribution in [0.2, 0.25) is 0 Å². The molecule has 6 nitrogen and oxygen atoms in total. The first-order valence-corrected chi connectivity index (χ1v) is 10.0. The molecule has 170 valence electrons. The van der Waals surface area contributed by atoms with E-state index < -0.39 is 29.8 Å². The Balaban J connectivity index is 1.38. The van der Waals surface area contributed by atoms with Gasteiger partial charge in [0, 0.05) is 36.5 Å². The van der Waals surface area contributed by atoms with E-state index in [1.807, 2.05) is 0 Å². The van der Waals surface area contributed by atoms with Crippen molar-refractivity contribution in [1.29, 1.82) is 0 Å². The Hall–Kier alpha value is -3.82. The molecule has 4 rings (SSSR count). The molecule has 2 aliphatic heterocycles. The first-order valence-electron chi connectivity index (χ1n) is 10.0. The maximum absolute atomic E-state index is 13.3. The summed E-state index contributed by atoms with van der Waals surface area (Å²) in [5.74, 6) is -1.31. The Kier molecular flexibility index (Phi) is 6.08. The molecule has 1 atom stereocenters. The smallest absolute Gasteiger partial charge is 0.318 e. The highest BCUT2D eigenvalue weighted by atomic mass is 19.4. The number of carbonyl (C=O) groups is 2. The summed E-state index contributed by atoms with van der Waals surface area (Å²) in [5.41, 5.74) is 1.13. The number of nitrogens with zero attached hydrogens (tertiary/aromatic N) is 3. The van der Waals surface area contributed by atoms with Crippen LogP contribution in [0.3, 0.4) is 0 Å². The van der Waals surface area contributed by atoms with Gasteiger partial charge in [-0.05, 0) is 35.9 Å². The van der Waals surface area contributed by atoms with Crippen LogP contribution in [0.25, 0.3) is 0 Å². The molecular formula is C23H18F4N4O2. The second-order valence-corrected chi connectivity index (χ2v) is 7.50. The summed E-state index contributed by atoms with van der Waals surface area (Å²) in [6.07, 6.45) is -1.83. The van der Waals surface area contributed by atoms with Crippen LogP contribution in [0.15, 0.2) is 70.3 Å². The third-order valence-electron chi connectivity index (χ3n) is 5.15. The zero-order valence-electron chi connectivity index (χ0n) is 17.1. The molecule has 0 saturated carbocycles. The molecule has 10 heteroatoms. The Labute approximate surface area is 186 Å². The van der Waals surface area contributed by atoms with Crippen LogP contribution in [0.1, 0.15) is 27.9 Å². The largest absolute Gasteiger partial charge is 0.416 e. The summed E-state index contributed by atoms with van der Waals surface area (Å²) in [6.45, 7) is 0.334. The van der Waals surface area contributed by atoms with Crippen molar-refractivity contribution in [2.75, 3.05) is 6.54 Å². The van der Waals surface area contributed by atoms with E-state index in [9.17, 15) is 27.2 Å².